The molecule has 1 N–H and O–H groups in total. The Morgan fingerprint density at radius 3 is 2.29 bits per heavy atom. The van der Waals surface area contributed by atoms with Crippen molar-refractivity contribution in [3.05, 3.63) is 25.3 Å². The second-order valence-electron chi connectivity index (χ2n) is 6.12. The maximum atomic E-state index is 12.2. The third-order valence-corrected chi connectivity index (χ3v) is 3.92. The van der Waals surface area contributed by atoms with Gasteiger partial charge >= 0.3 is 5.97 Å². The van der Waals surface area contributed by atoms with E-state index in [9.17, 15) is 9.59 Å². The highest BCUT2D eigenvalue weighted by atomic mass is 16.5. The first-order valence-electron chi connectivity index (χ1n) is 9.37. The Kier molecular flexibility index (Phi) is 15.2. The summed E-state index contributed by atoms with van der Waals surface area (Å²) in [7, 11) is 0. The number of carbonyl (C=O) groups excluding carboxylic acids is 2. The van der Waals surface area contributed by atoms with E-state index in [0.717, 1.165) is 51.0 Å². The van der Waals surface area contributed by atoms with Crippen LogP contribution < -0.4 is 5.32 Å². The standard InChI is InChI=1S/C20H35NO3/c1-4-7-9-10-11-12-13-14-16-18(24-19(22)6-3)20(23)21-17-15-8-5-2/h4,6,18H,1,3,5,7-17H2,2H3,(H,21,23). The fraction of sp³-hybridized carbons (Fsp3) is 0.700. The van der Waals surface area contributed by atoms with Crippen molar-refractivity contribution in [2.24, 2.45) is 0 Å². The van der Waals surface area contributed by atoms with Crippen molar-refractivity contribution in [2.75, 3.05) is 6.54 Å². The van der Waals surface area contributed by atoms with Gasteiger partial charge in [0, 0.05) is 12.6 Å². The van der Waals surface area contributed by atoms with Crippen molar-refractivity contribution < 1.29 is 14.3 Å². The number of rotatable bonds is 16. The summed E-state index contributed by atoms with van der Waals surface area (Å²) in [4.78, 5) is 23.6. The Bertz CT molecular complexity index is 366. The highest BCUT2D eigenvalue weighted by molar-refractivity contribution is 5.87. The van der Waals surface area contributed by atoms with Gasteiger partial charge in [-0.1, -0.05) is 58.1 Å². The van der Waals surface area contributed by atoms with E-state index < -0.39 is 12.1 Å². The maximum absolute atomic E-state index is 12.2. The molecule has 1 unspecified atom stereocenters. The number of amides is 1. The Labute approximate surface area is 147 Å². The molecule has 0 aromatic rings. The normalized spacial score (nSPS) is 11.5. The van der Waals surface area contributed by atoms with Gasteiger partial charge in [0.2, 0.25) is 0 Å². The number of nitrogens with one attached hydrogen (secondary N) is 1. The second-order valence-corrected chi connectivity index (χ2v) is 6.12. The molecule has 0 radical (unpaired) electrons. The quantitative estimate of drug-likeness (QED) is 0.192. The minimum atomic E-state index is -0.696. The molecule has 24 heavy (non-hydrogen) atoms. The van der Waals surface area contributed by atoms with E-state index >= 15 is 0 Å². The minimum Gasteiger partial charge on any atom is -0.449 e. The fourth-order valence-corrected chi connectivity index (χ4v) is 2.46. The van der Waals surface area contributed by atoms with Gasteiger partial charge in [0.25, 0.3) is 5.91 Å². The van der Waals surface area contributed by atoms with E-state index in [2.05, 4.69) is 25.4 Å². The van der Waals surface area contributed by atoms with Crippen LogP contribution in [0.5, 0.6) is 0 Å². The lowest BCUT2D eigenvalue weighted by Crippen LogP contribution is -2.38. The maximum Gasteiger partial charge on any atom is 0.330 e. The minimum absolute atomic E-state index is 0.188. The van der Waals surface area contributed by atoms with Gasteiger partial charge in [0.15, 0.2) is 6.10 Å². The van der Waals surface area contributed by atoms with Crippen molar-refractivity contribution in [3.8, 4) is 0 Å². The van der Waals surface area contributed by atoms with Crippen molar-refractivity contribution in [1.82, 2.24) is 5.32 Å². The van der Waals surface area contributed by atoms with Crippen LogP contribution in [-0.2, 0) is 14.3 Å². The van der Waals surface area contributed by atoms with Gasteiger partial charge in [-0.05, 0) is 32.1 Å². The van der Waals surface area contributed by atoms with E-state index in [0.29, 0.717) is 13.0 Å². The molecule has 0 heterocycles. The van der Waals surface area contributed by atoms with Crippen LogP contribution in [0, 0.1) is 0 Å². The molecule has 1 atom stereocenters. The number of hydrogen-bond donors (Lipinski definition) is 1. The lowest BCUT2D eigenvalue weighted by atomic mass is 10.1. The van der Waals surface area contributed by atoms with Crippen LogP contribution in [0.25, 0.3) is 0 Å². The van der Waals surface area contributed by atoms with Crippen LogP contribution in [-0.4, -0.2) is 24.5 Å². The van der Waals surface area contributed by atoms with Crippen molar-refractivity contribution in [1.29, 1.82) is 0 Å². The molecule has 0 bridgehead atoms. The Morgan fingerprint density at radius 1 is 1.00 bits per heavy atom. The topological polar surface area (TPSA) is 55.4 Å². The Hall–Kier alpha value is -1.58. The smallest absolute Gasteiger partial charge is 0.330 e. The highest BCUT2D eigenvalue weighted by Crippen LogP contribution is 2.12. The van der Waals surface area contributed by atoms with Gasteiger partial charge in [0.1, 0.15) is 0 Å². The molecule has 0 aliphatic heterocycles. The largest absolute Gasteiger partial charge is 0.449 e. The van der Waals surface area contributed by atoms with Gasteiger partial charge in [-0.15, -0.1) is 6.58 Å². The summed E-state index contributed by atoms with van der Waals surface area (Å²) in [6, 6.07) is 0. The number of hydrogen-bond acceptors (Lipinski definition) is 3. The average molecular weight is 338 g/mol. The fourth-order valence-electron chi connectivity index (χ4n) is 2.46. The molecule has 0 aliphatic carbocycles. The molecular formula is C20H35NO3. The molecule has 138 valence electrons. The summed E-state index contributed by atoms with van der Waals surface area (Å²) in [6.07, 6.45) is 13.9. The monoisotopic (exact) mass is 337 g/mol. The Balaban J connectivity index is 4.02. The summed E-state index contributed by atoms with van der Waals surface area (Å²) in [5, 5.41) is 2.86. The van der Waals surface area contributed by atoms with E-state index in [1.54, 1.807) is 0 Å². The zero-order valence-electron chi connectivity index (χ0n) is 15.4. The average Bonchev–Trinajstić information content (AvgIpc) is 2.59. The first-order chi connectivity index (χ1) is 11.7. The van der Waals surface area contributed by atoms with Crippen molar-refractivity contribution in [3.63, 3.8) is 0 Å². The second kappa shape index (κ2) is 16.3. The van der Waals surface area contributed by atoms with Gasteiger partial charge in [-0.25, -0.2) is 4.79 Å². The molecule has 0 saturated heterocycles. The molecule has 0 aliphatic rings. The van der Waals surface area contributed by atoms with Crippen LogP contribution in [0.15, 0.2) is 25.3 Å². The van der Waals surface area contributed by atoms with E-state index in [1.165, 1.54) is 19.3 Å². The lowest BCUT2D eigenvalue weighted by molar-refractivity contribution is -0.151. The van der Waals surface area contributed by atoms with Gasteiger partial charge in [-0.2, -0.15) is 0 Å². The van der Waals surface area contributed by atoms with E-state index in [1.807, 2.05) is 6.08 Å². The highest BCUT2D eigenvalue weighted by Gasteiger charge is 2.21. The first-order valence-corrected chi connectivity index (χ1v) is 9.37. The number of unbranched alkanes of at least 4 members (excludes halogenated alkanes) is 8. The third-order valence-electron chi connectivity index (χ3n) is 3.92. The van der Waals surface area contributed by atoms with Gasteiger partial charge in [0.05, 0.1) is 0 Å². The molecule has 4 heteroatoms. The molecule has 0 aromatic carbocycles. The number of esters is 1. The molecule has 0 aromatic heterocycles. The summed E-state index contributed by atoms with van der Waals surface area (Å²) in [6.45, 7) is 9.87. The lowest BCUT2D eigenvalue weighted by Gasteiger charge is -2.16. The predicted octanol–water partition coefficient (Wildman–Crippen LogP) is 4.70. The van der Waals surface area contributed by atoms with Crippen LogP contribution in [0.1, 0.15) is 77.6 Å². The number of allylic oxidation sites excluding steroid dienone is 1. The van der Waals surface area contributed by atoms with E-state index in [-0.39, 0.29) is 5.91 Å². The Morgan fingerprint density at radius 2 is 1.67 bits per heavy atom. The van der Waals surface area contributed by atoms with Crippen molar-refractivity contribution in [2.45, 2.75) is 83.7 Å². The molecule has 4 nitrogen and oxygen atoms in total. The van der Waals surface area contributed by atoms with E-state index in [4.69, 9.17) is 4.74 Å². The predicted molar refractivity (Wildman–Crippen MR) is 99.7 cm³/mol. The zero-order valence-corrected chi connectivity index (χ0v) is 15.4. The molecule has 0 spiro atoms. The van der Waals surface area contributed by atoms with Crippen LogP contribution >= 0.6 is 0 Å². The van der Waals surface area contributed by atoms with Crippen molar-refractivity contribution >= 4 is 11.9 Å². The molecule has 1 amide bonds. The van der Waals surface area contributed by atoms with Crippen LogP contribution in [0.3, 0.4) is 0 Å². The summed E-state index contributed by atoms with van der Waals surface area (Å²) >= 11 is 0. The van der Waals surface area contributed by atoms with Crippen LogP contribution in [0.2, 0.25) is 0 Å². The zero-order chi connectivity index (χ0) is 18.0. The van der Waals surface area contributed by atoms with Gasteiger partial charge in [-0.3, -0.25) is 4.79 Å². The first kappa shape index (κ1) is 22.4. The number of carbonyl (C=O) groups is 2. The third kappa shape index (κ3) is 12.9. The molecule has 0 rings (SSSR count). The van der Waals surface area contributed by atoms with Crippen LogP contribution in [0.4, 0.5) is 0 Å². The molecule has 0 fully saturated rings. The van der Waals surface area contributed by atoms with Gasteiger partial charge < -0.3 is 10.1 Å². The SMILES string of the molecule is C=CCCCCCCCCC(OC(=O)C=C)C(=O)NCCCCC. The summed E-state index contributed by atoms with van der Waals surface area (Å²) < 4.78 is 5.20. The molecule has 0 saturated carbocycles. The molecular weight excluding hydrogens is 302 g/mol. The number of ether oxygens (including phenoxy) is 1. The summed E-state index contributed by atoms with van der Waals surface area (Å²) in [5.74, 6) is -0.722. The summed E-state index contributed by atoms with van der Waals surface area (Å²) in [5.41, 5.74) is 0.